The molecule has 2 aromatic carbocycles. The summed E-state index contributed by atoms with van der Waals surface area (Å²) in [4.78, 5) is 21.3. The van der Waals surface area contributed by atoms with Crippen molar-refractivity contribution in [3.8, 4) is 0 Å². The van der Waals surface area contributed by atoms with Crippen LogP contribution in [0.25, 0.3) is 4.85 Å². The Hall–Kier alpha value is -3.54. The minimum absolute atomic E-state index is 0.115. The smallest absolute Gasteiger partial charge is 0.297 e. The number of hydrogen-bond donors (Lipinski definition) is 1. The third kappa shape index (κ3) is 4.33. The maximum absolute atomic E-state index is 13.9. The van der Waals surface area contributed by atoms with Gasteiger partial charge in [0.15, 0.2) is 0 Å². The molecule has 10 heteroatoms. The van der Waals surface area contributed by atoms with E-state index in [1.165, 1.54) is 12.1 Å². The van der Waals surface area contributed by atoms with E-state index in [1.807, 2.05) is 17.9 Å². The highest BCUT2D eigenvalue weighted by atomic mass is 35.5. The van der Waals surface area contributed by atoms with E-state index < -0.39 is 6.04 Å². The van der Waals surface area contributed by atoms with Crippen molar-refractivity contribution in [3.05, 3.63) is 92.6 Å². The first kappa shape index (κ1) is 23.2. The summed E-state index contributed by atoms with van der Waals surface area (Å²) < 4.78 is 15.0. The second-order valence-corrected chi connectivity index (χ2v) is 9.25. The number of aromatic nitrogens is 2. The highest BCUT2D eigenvalue weighted by Gasteiger charge is 2.38. The summed E-state index contributed by atoms with van der Waals surface area (Å²) in [5.41, 5.74) is 2.89. The van der Waals surface area contributed by atoms with E-state index in [0.717, 1.165) is 11.3 Å². The number of anilines is 2. The molecule has 1 N–H and O–H groups in total. The van der Waals surface area contributed by atoms with Crippen molar-refractivity contribution in [1.82, 2.24) is 14.7 Å². The van der Waals surface area contributed by atoms with Crippen LogP contribution in [0.15, 0.2) is 59.8 Å². The largest absolute Gasteiger partial charge is 0.368 e. The summed E-state index contributed by atoms with van der Waals surface area (Å²) in [6.45, 7) is 11.5. The zero-order valence-corrected chi connectivity index (χ0v) is 20.3. The van der Waals surface area contributed by atoms with Crippen LogP contribution in [0.2, 0.25) is 10.0 Å². The lowest BCUT2D eigenvalue weighted by molar-refractivity contribution is -0.128. The number of amides is 1. The Morgan fingerprint density at radius 1 is 1.09 bits per heavy atom. The Bertz CT molecular complexity index is 1370. The van der Waals surface area contributed by atoms with Crippen LogP contribution >= 0.6 is 23.2 Å². The number of rotatable bonds is 3. The third-order valence-electron chi connectivity index (χ3n) is 6.32. The van der Waals surface area contributed by atoms with Gasteiger partial charge in [0.2, 0.25) is 0 Å². The van der Waals surface area contributed by atoms with Gasteiger partial charge in [0.25, 0.3) is 11.7 Å². The Kier molecular flexibility index (Phi) is 6.13. The molecule has 7 nitrogen and oxygen atoms in total. The van der Waals surface area contributed by atoms with E-state index in [4.69, 9.17) is 29.8 Å². The molecule has 0 aliphatic carbocycles. The van der Waals surface area contributed by atoms with Gasteiger partial charge in [-0.25, -0.2) is 4.39 Å². The van der Waals surface area contributed by atoms with E-state index in [1.54, 1.807) is 35.0 Å². The molecule has 35 heavy (non-hydrogen) atoms. The van der Waals surface area contributed by atoms with Crippen LogP contribution in [0.4, 0.5) is 21.7 Å². The summed E-state index contributed by atoms with van der Waals surface area (Å²) in [6.07, 6.45) is 0. The summed E-state index contributed by atoms with van der Waals surface area (Å²) >= 11 is 12.5. The number of nitrogens with zero attached hydrogens (tertiary/aromatic N) is 5. The molecule has 1 saturated heterocycles. The standard InChI is InChI=1S/C25H21Cl2FN6O/c1-15-23(25(35)33-11-9-32(10-12-33)18-6-4-17(28)5-7-18)24(16-3-8-19(26)20(27)13-16)34-22(30-15)14-21(29-2)31-34/h3-8,13-14,24,30H,9-12H2,1H3. The lowest BCUT2D eigenvalue weighted by Crippen LogP contribution is -2.50. The third-order valence-corrected chi connectivity index (χ3v) is 7.06. The Morgan fingerprint density at radius 2 is 1.80 bits per heavy atom. The normalized spacial score (nSPS) is 17.6. The number of carbonyl (C=O) groups excluding carboxylic acids is 1. The predicted octanol–water partition coefficient (Wildman–Crippen LogP) is 5.52. The summed E-state index contributed by atoms with van der Waals surface area (Å²) in [5, 5.41) is 8.45. The van der Waals surface area contributed by atoms with Gasteiger partial charge in [-0.05, 0) is 54.0 Å². The molecular formula is C25H21Cl2FN6O. The maximum Gasteiger partial charge on any atom is 0.297 e. The zero-order chi connectivity index (χ0) is 24.7. The van der Waals surface area contributed by atoms with Gasteiger partial charge in [-0.2, -0.15) is 4.68 Å². The Balaban J connectivity index is 1.46. The van der Waals surface area contributed by atoms with Crippen LogP contribution in [0.3, 0.4) is 0 Å². The predicted molar refractivity (Wildman–Crippen MR) is 135 cm³/mol. The molecule has 3 aromatic rings. The molecule has 1 amide bonds. The molecule has 178 valence electrons. The van der Waals surface area contributed by atoms with Crippen molar-refractivity contribution in [2.45, 2.75) is 13.0 Å². The Morgan fingerprint density at radius 3 is 2.46 bits per heavy atom. The van der Waals surface area contributed by atoms with E-state index in [-0.39, 0.29) is 17.5 Å². The molecule has 3 heterocycles. The van der Waals surface area contributed by atoms with Gasteiger partial charge in [0.05, 0.1) is 15.6 Å². The van der Waals surface area contributed by atoms with Crippen LogP contribution in [0.1, 0.15) is 18.5 Å². The SMILES string of the molecule is [C-]#[N+]c1cc2n(n1)C(c1ccc(Cl)c(Cl)c1)C(C(=O)N1CCN(c3ccc(F)cc3)CC1)=C(C)N2. The molecule has 0 radical (unpaired) electrons. The molecular weight excluding hydrogens is 490 g/mol. The second-order valence-electron chi connectivity index (χ2n) is 8.44. The Labute approximate surface area is 212 Å². The van der Waals surface area contributed by atoms with Gasteiger partial charge >= 0.3 is 0 Å². The first-order valence-electron chi connectivity index (χ1n) is 11.0. The molecule has 0 spiro atoms. The molecule has 1 fully saturated rings. The highest BCUT2D eigenvalue weighted by molar-refractivity contribution is 6.42. The lowest BCUT2D eigenvalue weighted by Gasteiger charge is -2.38. The number of benzene rings is 2. The van der Waals surface area contributed by atoms with Crippen LogP contribution < -0.4 is 10.2 Å². The average molecular weight is 511 g/mol. The quantitative estimate of drug-likeness (QED) is 0.471. The lowest BCUT2D eigenvalue weighted by atomic mass is 9.94. The minimum atomic E-state index is -0.570. The minimum Gasteiger partial charge on any atom is -0.368 e. The molecule has 1 atom stereocenters. The van der Waals surface area contributed by atoms with E-state index in [2.05, 4.69) is 20.2 Å². The molecule has 5 rings (SSSR count). The number of hydrogen-bond acceptors (Lipinski definition) is 4. The van der Waals surface area contributed by atoms with Crippen molar-refractivity contribution in [1.29, 1.82) is 0 Å². The van der Waals surface area contributed by atoms with Crippen molar-refractivity contribution < 1.29 is 9.18 Å². The first-order chi connectivity index (χ1) is 16.9. The van der Waals surface area contributed by atoms with Crippen LogP contribution in [0, 0.1) is 12.4 Å². The molecule has 2 aliphatic heterocycles. The van der Waals surface area contributed by atoms with Crippen molar-refractivity contribution >= 4 is 46.4 Å². The number of fused-ring (bicyclic) bond motifs is 1. The van der Waals surface area contributed by atoms with E-state index >= 15 is 0 Å². The molecule has 1 aromatic heterocycles. The van der Waals surface area contributed by atoms with Gasteiger partial charge in [-0.1, -0.05) is 35.8 Å². The van der Waals surface area contributed by atoms with Crippen molar-refractivity contribution in [2.24, 2.45) is 0 Å². The fourth-order valence-electron chi connectivity index (χ4n) is 4.57. The van der Waals surface area contributed by atoms with Crippen LogP contribution in [-0.4, -0.2) is 46.8 Å². The van der Waals surface area contributed by atoms with Crippen molar-refractivity contribution in [2.75, 3.05) is 36.4 Å². The topological polar surface area (TPSA) is 57.8 Å². The molecule has 0 bridgehead atoms. The number of piperazine rings is 1. The van der Waals surface area contributed by atoms with Gasteiger partial charge in [0.1, 0.15) is 17.7 Å². The molecule has 2 aliphatic rings. The van der Waals surface area contributed by atoms with E-state index in [9.17, 15) is 9.18 Å². The van der Waals surface area contributed by atoms with Crippen LogP contribution in [0.5, 0.6) is 0 Å². The fraction of sp³-hybridized carbons (Fsp3) is 0.240. The zero-order valence-electron chi connectivity index (χ0n) is 18.8. The number of carbonyl (C=O) groups is 1. The monoisotopic (exact) mass is 510 g/mol. The van der Waals surface area contributed by atoms with E-state index in [0.29, 0.717) is 53.3 Å². The summed E-state index contributed by atoms with van der Waals surface area (Å²) in [7, 11) is 0. The maximum atomic E-state index is 13.9. The average Bonchev–Trinajstić information content (AvgIpc) is 3.28. The molecule has 1 unspecified atom stereocenters. The summed E-state index contributed by atoms with van der Waals surface area (Å²) in [6, 6.07) is 12.7. The second kappa shape index (κ2) is 9.25. The summed E-state index contributed by atoms with van der Waals surface area (Å²) in [5.74, 6) is 0.465. The fourth-order valence-corrected chi connectivity index (χ4v) is 4.88. The first-order valence-corrected chi connectivity index (χ1v) is 11.8. The van der Waals surface area contributed by atoms with Gasteiger partial charge in [-0.15, -0.1) is 0 Å². The van der Waals surface area contributed by atoms with Crippen molar-refractivity contribution in [3.63, 3.8) is 0 Å². The number of allylic oxidation sites excluding steroid dienone is 1. The molecule has 0 saturated carbocycles. The highest BCUT2D eigenvalue weighted by Crippen LogP contribution is 2.40. The van der Waals surface area contributed by atoms with Crippen LogP contribution in [-0.2, 0) is 4.79 Å². The number of nitrogens with one attached hydrogen (secondary N) is 1. The van der Waals surface area contributed by atoms with Gasteiger partial charge < -0.3 is 20.0 Å². The number of halogens is 3. The van der Waals surface area contributed by atoms with Gasteiger partial charge in [0, 0.05) is 43.6 Å². The van der Waals surface area contributed by atoms with Gasteiger partial charge in [-0.3, -0.25) is 4.79 Å².